The minimum Gasteiger partial charge on any atom is -0.451 e. The highest BCUT2D eigenvalue weighted by Gasteiger charge is 2.55. The molecule has 2 rings (SSSR count). The lowest BCUT2D eigenvalue weighted by atomic mass is 9.73. The fourth-order valence-electron chi connectivity index (χ4n) is 4.37. The third kappa shape index (κ3) is 4.15. The van der Waals surface area contributed by atoms with Crippen LogP contribution in [0.4, 0.5) is 4.79 Å². The Morgan fingerprint density at radius 1 is 1.18 bits per heavy atom. The largest absolute Gasteiger partial charge is 0.451 e. The molecular weight excluding hydrogens is 362 g/mol. The van der Waals surface area contributed by atoms with Crippen LogP contribution in [0.3, 0.4) is 0 Å². The van der Waals surface area contributed by atoms with E-state index in [-0.39, 0.29) is 29.8 Å². The fraction of sp³-hybridized carbons (Fsp3) is 0.800. The number of hydrogen-bond donors (Lipinski definition) is 1. The molecule has 1 spiro atoms. The molecule has 1 saturated carbocycles. The molecule has 8 nitrogen and oxygen atoms in total. The monoisotopic (exact) mass is 395 g/mol. The van der Waals surface area contributed by atoms with E-state index in [9.17, 15) is 19.2 Å². The summed E-state index contributed by atoms with van der Waals surface area (Å²) in [5.41, 5.74) is -0.914. The summed E-state index contributed by atoms with van der Waals surface area (Å²) in [4.78, 5) is 52.8. The SMILES string of the molecule is CC(C)N(C(=O)[C@H](C)OC(=O)CN1C(=O)N[C@@]2(CCCC[C@H]2C)C1=O)C(C)C. The fourth-order valence-corrected chi connectivity index (χ4v) is 4.37. The highest BCUT2D eigenvalue weighted by Crippen LogP contribution is 2.38. The molecule has 2 fully saturated rings. The zero-order chi connectivity index (χ0) is 21.2. The molecule has 1 saturated heterocycles. The Hall–Kier alpha value is -2.12. The summed E-state index contributed by atoms with van der Waals surface area (Å²) in [5, 5.41) is 2.80. The van der Waals surface area contributed by atoms with Crippen molar-refractivity contribution in [2.24, 2.45) is 5.92 Å². The summed E-state index contributed by atoms with van der Waals surface area (Å²) in [5.74, 6) is -1.42. The number of amides is 4. The van der Waals surface area contributed by atoms with Crippen LogP contribution in [0.25, 0.3) is 0 Å². The number of carbonyl (C=O) groups is 4. The molecule has 2 aliphatic rings. The first-order valence-electron chi connectivity index (χ1n) is 10.2. The number of nitrogens with one attached hydrogen (secondary N) is 1. The van der Waals surface area contributed by atoms with Crippen LogP contribution >= 0.6 is 0 Å². The molecule has 0 aromatic carbocycles. The third-order valence-corrected chi connectivity index (χ3v) is 5.81. The second kappa shape index (κ2) is 8.49. The van der Waals surface area contributed by atoms with Crippen molar-refractivity contribution >= 4 is 23.8 Å². The maximum Gasteiger partial charge on any atom is 0.327 e. The van der Waals surface area contributed by atoms with Crippen LogP contribution in [0.5, 0.6) is 0 Å². The van der Waals surface area contributed by atoms with Gasteiger partial charge in [0.25, 0.3) is 11.8 Å². The minimum absolute atomic E-state index is 0.0184. The summed E-state index contributed by atoms with van der Waals surface area (Å²) >= 11 is 0. The average molecular weight is 396 g/mol. The number of urea groups is 1. The minimum atomic E-state index is -0.986. The van der Waals surface area contributed by atoms with Gasteiger partial charge in [-0.2, -0.15) is 0 Å². The zero-order valence-corrected chi connectivity index (χ0v) is 17.8. The predicted molar refractivity (Wildman–Crippen MR) is 103 cm³/mol. The van der Waals surface area contributed by atoms with E-state index in [1.165, 1.54) is 6.92 Å². The van der Waals surface area contributed by atoms with E-state index in [2.05, 4.69) is 5.32 Å². The van der Waals surface area contributed by atoms with Gasteiger partial charge in [-0.05, 0) is 53.4 Å². The van der Waals surface area contributed by atoms with Crippen molar-refractivity contribution in [3.63, 3.8) is 0 Å². The van der Waals surface area contributed by atoms with Crippen LogP contribution in [-0.2, 0) is 19.1 Å². The van der Waals surface area contributed by atoms with Crippen molar-refractivity contribution in [3.05, 3.63) is 0 Å². The number of carbonyl (C=O) groups excluding carboxylic acids is 4. The number of ether oxygens (including phenoxy) is 1. The molecule has 4 amide bonds. The van der Waals surface area contributed by atoms with Crippen LogP contribution in [0.1, 0.15) is 67.2 Å². The normalized spacial score (nSPS) is 26.0. The molecule has 1 aliphatic carbocycles. The van der Waals surface area contributed by atoms with E-state index in [0.717, 1.165) is 24.2 Å². The van der Waals surface area contributed by atoms with E-state index in [1.807, 2.05) is 34.6 Å². The molecular formula is C20H33N3O5. The van der Waals surface area contributed by atoms with Gasteiger partial charge in [-0.1, -0.05) is 19.8 Å². The van der Waals surface area contributed by atoms with Gasteiger partial charge in [0.2, 0.25) is 0 Å². The van der Waals surface area contributed by atoms with Gasteiger partial charge in [0.05, 0.1) is 0 Å². The van der Waals surface area contributed by atoms with Crippen molar-refractivity contribution in [2.75, 3.05) is 6.54 Å². The smallest absolute Gasteiger partial charge is 0.327 e. The maximum atomic E-state index is 12.9. The van der Waals surface area contributed by atoms with Gasteiger partial charge in [0.1, 0.15) is 12.1 Å². The lowest BCUT2D eigenvalue weighted by molar-refractivity contribution is -0.162. The Kier molecular flexibility index (Phi) is 6.72. The van der Waals surface area contributed by atoms with Crippen LogP contribution < -0.4 is 5.32 Å². The molecule has 1 aliphatic heterocycles. The van der Waals surface area contributed by atoms with E-state index >= 15 is 0 Å². The summed E-state index contributed by atoms with van der Waals surface area (Å²) in [6.07, 6.45) is 2.34. The standard InChI is InChI=1S/C20H33N3O5/c1-12(2)23(13(3)4)17(25)15(6)28-16(24)11-22-18(26)20(21-19(22)27)10-8-7-9-14(20)5/h12-15H,7-11H2,1-6H3,(H,21,27)/t14-,15+,20-/m1/s1. The number of rotatable bonds is 6. The topological polar surface area (TPSA) is 96.0 Å². The summed E-state index contributed by atoms with van der Waals surface area (Å²) in [6, 6.07) is -0.639. The van der Waals surface area contributed by atoms with Crippen LogP contribution in [-0.4, -0.2) is 63.9 Å². The average Bonchev–Trinajstić information content (AvgIpc) is 2.82. The number of esters is 1. The first kappa shape index (κ1) is 22.2. The van der Waals surface area contributed by atoms with Gasteiger partial charge in [-0.25, -0.2) is 4.79 Å². The van der Waals surface area contributed by atoms with Crippen LogP contribution in [0.2, 0.25) is 0 Å². The predicted octanol–water partition coefficient (Wildman–Crippen LogP) is 2.06. The van der Waals surface area contributed by atoms with Gasteiger partial charge in [0, 0.05) is 12.1 Å². The molecule has 0 aromatic rings. The highest BCUT2D eigenvalue weighted by molar-refractivity contribution is 6.09. The summed E-state index contributed by atoms with van der Waals surface area (Å²) < 4.78 is 5.25. The Labute approximate surface area is 166 Å². The molecule has 1 heterocycles. The van der Waals surface area contributed by atoms with E-state index in [0.29, 0.717) is 6.42 Å². The Morgan fingerprint density at radius 3 is 2.32 bits per heavy atom. The van der Waals surface area contributed by atoms with Gasteiger partial charge >= 0.3 is 12.0 Å². The van der Waals surface area contributed by atoms with E-state index in [4.69, 9.17) is 4.74 Å². The number of hydrogen-bond acceptors (Lipinski definition) is 5. The zero-order valence-electron chi connectivity index (χ0n) is 17.8. The molecule has 158 valence electrons. The quantitative estimate of drug-likeness (QED) is 0.549. The Morgan fingerprint density at radius 2 is 1.79 bits per heavy atom. The van der Waals surface area contributed by atoms with Gasteiger partial charge in [-0.3, -0.25) is 19.3 Å². The second-order valence-corrected chi connectivity index (χ2v) is 8.50. The molecule has 3 atom stereocenters. The van der Waals surface area contributed by atoms with E-state index < -0.39 is 30.2 Å². The van der Waals surface area contributed by atoms with Crippen molar-refractivity contribution in [2.45, 2.75) is 91.0 Å². The molecule has 28 heavy (non-hydrogen) atoms. The Balaban J connectivity index is 2.02. The lowest BCUT2D eigenvalue weighted by Gasteiger charge is -2.36. The van der Waals surface area contributed by atoms with E-state index in [1.54, 1.807) is 4.90 Å². The lowest BCUT2D eigenvalue weighted by Crippen LogP contribution is -2.54. The molecule has 0 radical (unpaired) electrons. The van der Waals surface area contributed by atoms with Crippen LogP contribution in [0.15, 0.2) is 0 Å². The molecule has 0 unspecified atom stereocenters. The molecule has 8 heteroatoms. The Bertz CT molecular complexity index is 640. The van der Waals surface area contributed by atoms with Gasteiger partial charge in [0.15, 0.2) is 6.10 Å². The van der Waals surface area contributed by atoms with Crippen molar-refractivity contribution in [1.82, 2.24) is 15.1 Å². The molecule has 0 aromatic heterocycles. The van der Waals surface area contributed by atoms with Gasteiger partial charge in [-0.15, -0.1) is 0 Å². The molecule has 0 bridgehead atoms. The maximum absolute atomic E-state index is 12.9. The molecule has 1 N–H and O–H groups in total. The van der Waals surface area contributed by atoms with Crippen molar-refractivity contribution < 1.29 is 23.9 Å². The highest BCUT2D eigenvalue weighted by atomic mass is 16.5. The second-order valence-electron chi connectivity index (χ2n) is 8.50. The van der Waals surface area contributed by atoms with Crippen molar-refractivity contribution in [1.29, 1.82) is 0 Å². The third-order valence-electron chi connectivity index (χ3n) is 5.81. The first-order valence-corrected chi connectivity index (χ1v) is 10.2. The summed E-state index contributed by atoms with van der Waals surface area (Å²) in [7, 11) is 0. The number of nitrogens with zero attached hydrogens (tertiary/aromatic N) is 2. The summed E-state index contributed by atoms with van der Waals surface area (Å²) in [6.45, 7) is 10.5. The first-order chi connectivity index (χ1) is 13.0. The number of imide groups is 1. The van der Waals surface area contributed by atoms with Gasteiger partial charge < -0.3 is 15.0 Å². The van der Waals surface area contributed by atoms with Crippen molar-refractivity contribution in [3.8, 4) is 0 Å². The van der Waals surface area contributed by atoms with Crippen LogP contribution in [0, 0.1) is 5.92 Å².